The van der Waals surface area contributed by atoms with E-state index in [4.69, 9.17) is 4.74 Å². The van der Waals surface area contributed by atoms with Crippen LogP contribution in [0.5, 0.6) is 5.75 Å². The van der Waals surface area contributed by atoms with Gasteiger partial charge in [0.2, 0.25) is 5.91 Å². The SMILES string of the molecule is COc1ccc(CC(=O)N2CCCN(C(=O)NC(C)C)CC2)cc1F. The Balaban J connectivity index is 1.92. The Morgan fingerprint density at radius 2 is 1.88 bits per heavy atom. The first-order valence-electron chi connectivity index (χ1n) is 8.56. The third-order valence-corrected chi connectivity index (χ3v) is 4.12. The van der Waals surface area contributed by atoms with Crippen LogP contribution >= 0.6 is 0 Å². The van der Waals surface area contributed by atoms with Crippen molar-refractivity contribution in [2.75, 3.05) is 33.3 Å². The minimum Gasteiger partial charge on any atom is -0.494 e. The Hall–Kier alpha value is -2.31. The van der Waals surface area contributed by atoms with Crippen molar-refractivity contribution in [3.05, 3.63) is 29.6 Å². The molecule has 7 heteroatoms. The van der Waals surface area contributed by atoms with Crippen LogP contribution in [0, 0.1) is 5.82 Å². The molecule has 0 saturated carbocycles. The lowest BCUT2D eigenvalue weighted by Crippen LogP contribution is -2.45. The Kier molecular flexibility index (Phi) is 6.61. The molecule has 1 fully saturated rings. The van der Waals surface area contributed by atoms with Gasteiger partial charge in [-0.1, -0.05) is 6.07 Å². The number of hydrogen-bond donors (Lipinski definition) is 1. The number of nitrogens with zero attached hydrogens (tertiary/aromatic N) is 2. The van der Waals surface area contributed by atoms with Crippen molar-refractivity contribution in [3.63, 3.8) is 0 Å². The zero-order valence-corrected chi connectivity index (χ0v) is 15.0. The Morgan fingerprint density at radius 3 is 2.52 bits per heavy atom. The molecule has 1 aromatic carbocycles. The molecule has 6 nitrogen and oxygen atoms in total. The van der Waals surface area contributed by atoms with E-state index >= 15 is 0 Å². The van der Waals surface area contributed by atoms with Crippen molar-refractivity contribution in [2.45, 2.75) is 32.7 Å². The Bertz CT molecular complexity index is 622. The van der Waals surface area contributed by atoms with Crippen LogP contribution < -0.4 is 10.1 Å². The summed E-state index contributed by atoms with van der Waals surface area (Å²) in [6.07, 6.45) is 0.868. The Labute approximate surface area is 147 Å². The van der Waals surface area contributed by atoms with Crippen LogP contribution in [-0.4, -0.2) is 61.1 Å². The lowest BCUT2D eigenvalue weighted by molar-refractivity contribution is -0.130. The number of benzene rings is 1. The molecule has 1 saturated heterocycles. The smallest absolute Gasteiger partial charge is 0.317 e. The van der Waals surface area contributed by atoms with Crippen molar-refractivity contribution < 1.29 is 18.7 Å². The summed E-state index contributed by atoms with van der Waals surface area (Å²) in [6.45, 7) is 6.05. The molecule has 0 aliphatic carbocycles. The highest BCUT2D eigenvalue weighted by atomic mass is 19.1. The quantitative estimate of drug-likeness (QED) is 0.903. The predicted molar refractivity (Wildman–Crippen MR) is 93.1 cm³/mol. The van der Waals surface area contributed by atoms with Crippen LogP contribution in [-0.2, 0) is 11.2 Å². The summed E-state index contributed by atoms with van der Waals surface area (Å²) in [6, 6.07) is 4.54. The van der Waals surface area contributed by atoms with Crippen molar-refractivity contribution in [3.8, 4) is 5.75 Å². The van der Waals surface area contributed by atoms with E-state index in [-0.39, 0.29) is 30.2 Å². The zero-order valence-electron chi connectivity index (χ0n) is 15.0. The molecule has 0 unspecified atom stereocenters. The van der Waals surface area contributed by atoms with Gasteiger partial charge in [-0.05, 0) is 38.0 Å². The van der Waals surface area contributed by atoms with E-state index < -0.39 is 5.82 Å². The van der Waals surface area contributed by atoms with Crippen LogP contribution in [0.2, 0.25) is 0 Å². The number of carbonyl (C=O) groups excluding carboxylic acids is 2. The first-order chi connectivity index (χ1) is 11.9. The summed E-state index contributed by atoms with van der Waals surface area (Å²) in [5, 5.41) is 2.87. The lowest BCUT2D eigenvalue weighted by Gasteiger charge is -2.23. The molecule has 0 bridgehead atoms. The number of hydrogen-bond acceptors (Lipinski definition) is 3. The summed E-state index contributed by atoms with van der Waals surface area (Å²) in [7, 11) is 1.40. The van der Waals surface area contributed by atoms with E-state index in [2.05, 4.69) is 5.32 Å². The fraction of sp³-hybridized carbons (Fsp3) is 0.556. The van der Waals surface area contributed by atoms with Gasteiger partial charge in [0, 0.05) is 32.2 Å². The second kappa shape index (κ2) is 8.69. The third kappa shape index (κ3) is 5.34. The van der Waals surface area contributed by atoms with E-state index in [0.717, 1.165) is 6.42 Å². The summed E-state index contributed by atoms with van der Waals surface area (Å²) in [5.41, 5.74) is 0.613. The van der Waals surface area contributed by atoms with E-state index in [1.807, 2.05) is 13.8 Å². The second-order valence-electron chi connectivity index (χ2n) is 6.47. The van der Waals surface area contributed by atoms with Gasteiger partial charge in [0.1, 0.15) is 0 Å². The minimum atomic E-state index is -0.472. The average Bonchev–Trinajstić information content (AvgIpc) is 2.80. The molecule has 0 spiro atoms. The van der Waals surface area contributed by atoms with Crippen LogP contribution in [0.25, 0.3) is 0 Å². The summed E-state index contributed by atoms with van der Waals surface area (Å²) in [5.74, 6) is -0.367. The van der Waals surface area contributed by atoms with Crippen molar-refractivity contribution in [2.24, 2.45) is 0 Å². The van der Waals surface area contributed by atoms with Gasteiger partial charge in [0.15, 0.2) is 11.6 Å². The fourth-order valence-corrected chi connectivity index (χ4v) is 2.81. The Morgan fingerprint density at radius 1 is 1.20 bits per heavy atom. The first-order valence-corrected chi connectivity index (χ1v) is 8.56. The van der Waals surface area contributed by atoms with Gasteiger partial charge in [0.05, 0.1) is 13.5 Å². The van der Waals surface area contributed by atoms with Gasteiger partial charge < -0.3 is 19.9 Å². The molecule has 1 N–H and O–H groups in total. The predicted octanol–water partition coefficient (Wildman–Crippen LogP) is 2.03. The van der Waals surface area contributed by atoms with Crippen LogP contribution in [0.3, 0.4) is 0 Å². The molecule has 0 aromatic heterocycles. The summed E-state index contributed by atoms with van der Waals surface area (Å²) in [4.78, 5) is 28.1. The third-order valence-electron chi connectivity index (χ3n) is 4.12. The highest BCUT2D eigenvalue weighted by Crippen LogP contribution is 2.18. The number of urea groups is 1. The van der Waals surface area contributed by atoms with Crippen LogP contribution in [0.15, 0.2) is 18.2 Å². The highest BCUT2D eigenvalue weighted by Gasteiger charge is 2.22. The van der Waals surface area contributed by atoms with Gasteiger partial charge in [-0.15, -0.1) is 0 Å². The van der Waals surface area contributed by atoms with E-state index in [0.29, 0.717) is 31.7 Å². The highest BCUT2D eigenvalue weighted by molar-refractivity contribution is 5.79. The normalized spacial score (nSPS) is 15.1. The molecular weight excluding hydrogens is 325 g/mol. The maximum absolute atomic E-state index is 13.8. The largest absolute Gasteiger partial charge is 0.494 e. The maximum Gasteiger partial charge on any atom is 0.317 e. The molecule has 1 heterocycles. The van der Waals surface area contributed by atoms with Gasteiger partial charge >= 0.3 is 6.03 Å². The fourth-order valence-electron chi connectivity index (χ4n) is 2.81. The first kappa shape index (κ1) is 19.0. The van der Waals surface area contributed by atoms with Crippen molar-refractivity contribution in [1.82, 2.24) is 15.1 Å². The van der Waals surface area contributed by atoms with Crippen LogP contribution in [0.4, 0.5) is 9.18 Å². The average molecular weight is 351 g/mol. The summed E-state index contributed by atoms with van der Waals surface area (Å²) >= 11 is 0. The molecule has 1 aromatic rings. The van der Waals surface area contributed by atoms with E-state index in [1.54, 1.807) is 15.9 Å². The second-order valence-corrected chi connectivity index (χ2v) is 6.47. The minimum absolute atomic E-state index is 0.0596. The lowest BCUT2D eigenvalue weighted by atomic mass is 10.1. The van der Waals surface area contributed by atoms with E-state index in [9.17, 15) is 14.0 Å². The van der Waals surface area contributed by atoms with Crippen molar-refractivity contribution >= 4 is 11.9 Å². The molecule has 2 rings (SSSR count). The number of amides is 3. The number of nitrogens with one attached hydrogen (secondary N) is 1. The van der Waals surface area contributed by atoms with Crippen molar-refractivity contribution in [1.29, 1.82) is 0 Å². The standard InChI is InChI=1S/C18H26FN3O3/c1-13(2)20-18(24)22-8-4-7-21(9-10-22)17(23)12-14-5-6-16(25-3)15(19)11-14/h5-6,11,13H,4,7-10,12H2,1-3H3,(H,20,24). The number of rotatable bonds is 4. The molecule has 1 aliphatic rings. The molecule has 0 radical (unpaired) electrons. The topological polar surface area (TPSA) is 61.9 Å². The van der Waals surface area contributed by atoms with Gasteiger partial charge in [-0.3, -0.25) is 4.79 Å². The number of carbonyl (C=O) groups is 2. The molecule has 138 valence electrons. The molecule has 0 atom stereocenters. The number of halogens is 1. The molecule has 25 heavy (non-hydrogen) atoms. The summed E-state index contributed by atoms with van der Waals surface area (Å²) < 4.78 is 18.6. The number of methoxy groups -OCH3 is 1. The van der Waals surface area contributed by atoms with Gasteiger partial charge in [-0.25, -0.2) is 9.18 Å². The van der Waals surface area contributed by atoms with Crippen LogP contribution in [0.1, 0.15) is 25.8 Å². The van der Waals surface area contributed by atoms with Gasteiger partial charge in [0.25, 0.3) is 0 Å². The maximum atomic E-state index is 13.8. The zero-order chi connectivity index (χ0) is 18.4. The van der Waals surface area contributed by atoms with E-state index in [1.165, 1.54) is 19.2 Å². The monoisotopic (exact) mass is 351 g/mol. The molecule has 1 aliphatic heterocycles. The molecule has 3 amide bonds. The molecular formula is C18H26FN3O3. The van der Waals surface area contributed by atoms with Gasteiger partial charge in [-0.2, -0.15) is 0 Å². The number of ether oxygens (including phenoxy) is 1.